The number of nitrogens with zero attached hydrogens (tertiary/aromatic N) is 3. The van der Waals surface area contributed by atoms with E-state index in [1.54, 1.807) is 31.6 Å². The molecule has 2 aliphatic heterocycles. The first kappa shape index (κ1) is 19.5. The van der Waals surface area contributed by atoms with Crippen molar-refractivity contribution in [1.82, 2.24) is 14.5 Å². The van der Waals surface area contributed by atoms with Gasteiger partial charge < -0.3 is 14.2 Å². The van der Waals surface area contributed by atoms with Gasteiger partial charge in [-0.05, 0) is 54.7 Å². The lowest BCUT2D eigenvalue weighted by Crippen LogP contribution is -2.51. The minimum absolute atomic E-state index is 0.00319. The molecule has 1 aromatic carbocycles. The van der Waals surface area contributed by atoms with E-state index in [1.165, 1.54) is 0 Å². The molecule has 31 heavy (non-hydrogen) atoms. The maximum absolute atomic E-state index is 13.2. The number of methoxy groups -OCH3 is 1. The molecule has 5 rings (SSSR count). The van der Waals surface area contributed by atoms with Crippen LogP contribution in [-0.2, 0) is 6.42 Å². The van der Waals surface area contributed by atoms with Gasteiger partial charge in [0.2, 0.25) is 0 Å². The van der Waals surface area contributed by atoms with Gasteiger partial charge in [0.15, 0.2) is 0 Å². The maximum atomic E-state index is 13.2. The van der Waals surface area contributed by atoms with Crippen molar-refractivity contribution in [2.24, 2.45) is 5.92 Å². The SMILES string of the molecule is COc1cccc(C[C@H]2[C@H]3C[C@H](CN(C(=O)c4cccnc4)C3)c3cccc(=O)n32)c1. The molecule has 158 valence electrons. The third-order valence-electron chi connectivity index (χ3n) is 6.57. The number of ether oxygens (including phenoxy) is 1. The molecule has 3 aromatic rings. The molecule has 6 nitrogen and oxygen atoms in total. The highest BCUT2D eigenvalue weighted by molar-refractivity contribution is 5.94. The van der Waals surface area contributed by atoms with E-state index in [0.29, 0.717) is 18.7 Å². The number of piperidine rings is 1. The molecule has 0 spiro atoms. The predicted molar refractivity (Wildman–Crippen MR) is 117 cm³/mol. The molecule has 4 heterocycles. The molecule has 1 amide bonds. The molecule has 0 radical (unpaired) electrons. The van der Waals surface area contributed by atoms with Crippen LogP contribution in [0.1, 0.15) is 40.0 Å². The van der Waals surface area contributed by atoms with Crippen molar-refractivity contribution >= 4 is 5.91 Å². The smallest absolute Gasteiger partial charge is 0.255 e. The van der Waals surface area contributed by atoms with Gasteiger partial charge in [-0.1, -0.05) is 18.2 Å². The van der Waals surface area contributed by atoms with E-state index in [9.17, 15) is 9.59 Å². The summed E-state index contributed by atoms with van der Waals surface area (Å²) < 4.78 is 7.37. The third kappa shape index (κ3) is 3.63. The van der Waals surface area contributed by atoms with Crippen LogP contribution in [0.3, 0.4) is 0 Å². The first-order valence-electron chi connectivity index (χ1n) is 10.7. The van der Waals surface area contributed by atoms with Gasteiger partial charge in [0.25, 0.3) is 11.5 Å². The van der Waals surface area contributed by atoms with Gasteiger partial charge in [0, 0.05) is 49.2 Å². The molecule has 1 saturated heterocycles. The number of benzene rings is 1. The monoisotopic (exact) mass is 415 g/mol. The fourth-order valence-electron chi connectivity index (χ4n) is 5.18. The number of aromatic nitrogens is 2. The van der Waals surface area contributed by atoms with Crippen LogP contribution < -0.4 is 10.3 Å². The van der Waals surface area contributed by atoms with Gasteiger partial charge in [-0.2, -0.15) is 0 Å². The molecule has 2 bridgehead atoms. The van der Waals surface area contributed by atoms with Crippen LogP contribution in [0.5, 0.6) is 5.75 Å². The van der Waals surface area contributed by atoms with Gasteiger partial charge in [-0.3, -0.25) is 14.6 Å². The summed E-state index contributed by atoms with van der Waals surface area (Å²) in [6.45, 7) is 1.26. The maximum Gasteiger partial charge on any atom is 0.255 e. The third-order valence-corrected chi connectivity index (χ3v) is 6.57. The zero-order chi connectivity index (χ0) is 21.4. The normalized spacial score (nSPS) is 22.0. The van der Waals surface area contributed by atoms with E-state index >= 15 is 0 Å². The van der Waals surface area contributed by atoms with Crippen LogP contribution in [0, 0.1) is 5.92 Å². The summed E-state index contributed by atoms with van der Waals surface area (Å²) in [7, 11) is 1.66. The lowest BCUT2D eigenvalue weighted by molar-refractivity contribution is 0.0528. The Hall–Kier alpha value is -3.41. The average Bonchev–Trinajstić information content (AvgIpc) is 2.82. The number of fused-ring (bicyclic) bond motifs is 4. The molecule has 1 fully saturated rings. The summed E-state index contributed by atoms with van der Waals surface area (Å²) in [4.78, 5) is 32.1. The van der Waals surface area contributed by atoms with Crippen molar-refractivity contribution in [3.05, 3.63) is 94.2 Å². The van der Waals surface area contributed by atoms with Crippen LogP contribution in [0.4, 0.5) is 0 Å². The van der Waals surface area contributed by atoms with Gasteiger partial charge in [-0.25, -0.2) is 0 Å². The van der Waals surface area contributed by atoms with Crippen LogP contribution in [-0.4, -0.2) is 40.6 Å². The van der Waals surface area contributed by atoms with E-state index in [2.05, 4.69) is 11.1 Å². The molecular weight excluding hydrogens is 390 g/mol. The molecule has 2 aliphatic rings. The van der Waals surface area contributed by atoms with Crippen LogP contribution in [0.25, 0.3) is 0 Å². The van der Waals surface area contributed by atoms with E-state index in [1.807, 2.05) is 45.9 Å². The Kier molecular flexibility index (Phi) is 5.06. The van der Waals surface area contributed by atoms with E-state index in [-0.39, 0.29) is 29.3 Å². The highest BCUT2D eigenvalue weighted by atomic mass is 16.5. The number of carbonyl (C=O) groups is 1. The quantitative estimate of drug-likeness (QED) is 0.656. The lowest BCUT2D eigenvalue weighted by Gasteiger charge is -2.47. The Labute approximate surface area is 181 Å². The van der Waals surface area contributed by atoms with Crippen molar-refractivity contribution in [3.63, 3.8) is 0 Å². The van der Waals surface area contributed by atoms with Gasteiger partial charge >= 0.3 is 0 Å². The number of amides is 1. The van der Waals surface area contributed by atoms with Gasteiger partial charge in [-0.15, -0.1) is 0 Å². The van der Waals surface area contributed by atoms with Crippen LogP contribution in [0.2, 0.25) is 0 Å². The van der Waals surface area contributed by atoms with Gasteiger partial charge in [0.05, 0.1) is 12.7 Å². The minimum Gasteiger partial charge on any atom is -0.497 e. The van der Waals surface area contributed by atoms with Crippen molar-refractivity contribution in [3.8, 4) is 5.75 Å². The molecule has 3 atom stereocenters. The summed E-state index contributed by atoms with van der Waals surface area (Å²) in [5.41, 5.74) is 2.80. The number of hydrogen-bond acceptors (Lipinski definition) is 4. The Bertz CT molecular complexity index is 1160. The first-order chi connectivity index (χ1) is 15.1. The number of carbonyl (C=O) groups excluding carboxylic acids is 1. The number of hydrogen-bond donors (Lipinski definition) is 0. The second kappa shape index (κ2) is 8.02. The second-order valence-corrected chi connectivity index (χ2v) is 8.43. The molecule has 0 unspecified atom stereocenters. The van der Waals surface area contributed by atoms with E-state index in [0.717, 1.165) is 29.8 Å². The standard InChI is InChI=1S/C25H25N3O3/c1-31-21-7-2-5-17(11-21)12-23-20-13-19(22-8-3-9-24(29)28(22)23)15-27(16-20)25(30)18-6-4-10-26-14-18/h2-11,14,19-20,23H,12-13,15-16H2,1H3/t19-,20+,23+/m1/s1. The molecule has 0 saturated carbocycles. The summed E-state index contributed by atoms with van der Waals surface area (Å²) in [6.07, 6.45) is 5.00. The minimum atomic E-state index is -0.00319. The summed E-state index contributed by atoms with van der Waals surface area (Å²) in [5.74, 6) is 1.19. The summed E-state index contributed by atoms with van der Waals surface area (Å²) >= 11 is 0. The molecule has 6 heteroatoms. The Morgan fingerprint density at radius 2 is 2.00 bits per heavy atom. The zero-order valence-electron chi connectivity index (χ0n) is 17.5. The molecule has 0 aliphatic carbocycles. The fraction of sp³-hybridized carbons (Fsp3) is 0.320. The molecule has 2 aromatic heterocycles. The second-order valence-electron chi connectivity index (χ2n) is 8.43. The van der Waals surface area contributed by atoms with E-state index < -0.39 is 0 Å². The largest absolute Gasteiger partial charge is 0.497 e. The predicted octanol–water partition coefficient (Wildman–Crippen LogP) is 3.30. The molecular formula is C25H25N3O3. The highest BCUT2D eigenvalue weighted by Crippen LogP contribution is 2.42. The highest BCUT2D eigenvalue weighted by Gasteiger charge is 2.41. The Morgan fingerprint density at radius 3 is 2.81 bits per heavy atom. The average molecular weight is 415 g/mol. The summed E-state index contributed by atoms with van der Waals surface area (Å²) in [5, 5.41) is 0. The van der Waals surface area contributed by atoms with Crippen molar-refractivity contribution < 1.29 is 9.53 Å². The van der Waals surface area contributed by atoms with E-state index in [4.69, 9.17) is 4.74 Å². The lowest BCUT2D eigenvalue weighted by atomic mass is 9.76. The van der Waals surface area contributed by atoms with Crippen LogP contribution >= 0.6 is 0 Å². The molecule has 0 N–H and O–H groups in total. The summed E-state index contributed by atoms with van der Waals surface area (Å²) in [6, 6.07) is 17.1. The zero-order valence-corrected chi connectivity index (χ0v) is 17.5. The topological polar surface area (TPSA) is 64.4 Å². The fourth-order valence-corrected chi connectivity index (χ4v) is 5.18. The first-order valence-corrected chi connectivity index (χ1v) is 10.7. The number of pyridine rings is 2. The Morgan fingerprint density at radius 1 is 1.13 bits per heavy atom. The van der Waals surface area contributed by atoms with Crippen molar-refractivity contribution in [2.75, 3.05) is 20.2 Å². The number of likely N-dealkylation sites (tertiary alicyclic amines) is 1. The Balaban J connectivity index is 1.51. The van der Waals surface area contributed by atoms with Crippen LogP contribution in [0.15, 0.2) is 71.8 Å². The van der Waals surface area contributed by atoms with Crippen molar-refractivity contribution in [1.29, 1.82) is 0 Å². The van der Waals surface area contributed by atoms with Crippen molar-refractivity contribution in [2.45, 2.75) is 24.8 Å². The van der Waals surface area contributed by atoms with Gasteiger partial charge in [0.1, 0.15) is 5.75 Å². The number of rotatable bonds is 4.